The minimum Gasteiger partial charge on any atom is -0.493 e. The van der Waals surface area contributed by atoms with Gasteiger partial charge >= 0.3 is 0 Å². The Morgan fingerprint density at radius 1 is 1.16 bits per heavy atom. The van der Waals surface area contributed by atoms with Crippen LogP contribution in [0.3, 0.4) is 0 Å². The van der Waals surface area contributed by atoms with Crippen molar-refractivity contribution in [2.24, 2.45) is 11.8 Å². The Balaban J connectivity index is 1.38. The van der Waals surface area contributed by atoms with Gasteiger partial charge in [0, 0.05) is 47.6 Å². The van der Waals surface area contributed by atoms with Crippen LogP contribution in [-0.4, -0.2) is 31.1 Å². The van der Waals surface area contributed by atoms with E-state index in [1.54, 1.807) is 12.1 Å². The second-order valence-corrected chi connectivity index (χ2v) is 10.3. The third kappa shape index (κ3) is 4.00. The van der Waals surface area contributed by atoms with Crippen LogP contribution >= 0.6 is 0 Å². The van der Waals surface area contributed by atoms with E-state index in [1.165, 1.54) is 12.1 Å². The average Bonchev–Trinajstić information content (AvgIpc) is 3.40. The summed E-state index contributed by atoms with van der Waals surface area (Å²) in [5.41, 5.74) is 0.966. The molecule has 6 nitrogen and oxygen atoms in total. The van der Waals surface area contributed by atoms with E-state index < -0.39 is 22.9 Å². The predicted molar refractivity (Wildman–Crippen MR) is 142 cm³/mol. The van der Waals surface area contributed by atoms with Crippen LogP contribution in [0.1, 0.15) is 37.3 Å². The first-order chi connectivity index (χ1) is 18.3. The lowest BCUT2D eigenvalue weighted by molar-refractivity contribution is -0.118. The Labute approximate surface area is 221 Å². The highest BCUT2D eigenvalue weighted by Gasteiger charge is 2.65. The number of benzene rings is 3. The molecule has 5 rings (SSSR count). The Kier molecular flexibility index (Phi) is 6.42. The Bertz CT molecular complexity index is 1520. The molecule has 2 saturated heterocycles. The molecule has 0 aromatic heterocycles. The van der Waals surface area contributed by atoms with Crippen LogP contribution in [0, 0.1) is 40.3 Å². The summed E-state index contributed by atoms with van der Waals surface area (Å²) in [6.07, 6.45) is 2.92. The number of hydrogen-bond donors (Lipinski definition) is 0. The Morgan fingerprint density at radius 2 is 1.87 bits per heavy atom. The summed E-state index contributed by atoms with van der Waals surface area (Å²) >= 11 is 0. The van der Waals surface area contributed by atoms with Crippen molar-refractivity contribution >= 4 is 22.7 Å². The molecule has 3 aromatic carbocycles. The second kappa shape index (κ2) is 9.59. The van der Waals surface area contributed by atoms with Gasteiger partial charge < -0.3 is 19.2 Å². The number of halogens is 1. The topological polar surface area (TPSA) is 86.4 Å². The predicted octanol–water partition coefficient (Wildman–Crippen LogP) is 5.89. The fourth-order valence-corrected chi connectivity index (χ4v) is 6.32. The van der Waals surface area contributed by atoms with Crippen LogP contribution in [-0.2, 0) is 9.53 Å². The summed E-state index contributed by atoms with van der Waals surface area (Å²) in [5.74, 6) is -0.982. The number of ether oxygens (including phenoxy) is 2. The van der Waals surface area contributed by atoms with E-state index in [1.807, 2.05) is 55.3 Å². The van der Waals surface area contributed by atoms with E-state index in [4.69, 9.17) is 14.7 Å². The lowest BCUT2D eigenvalue weighted by Gasteiger charge is -2.39. The normalized spacial score (nSPS) is 25.5. The van der Waals surface area contributed by atoms with Crippen molar-refractivity contribution < 1.29 is 18.7 Å². The van der Waals surface area contributed by atoms with Crippen molar-refractivity contribution in [3.63, 3.8) is 0 Å². The van der Waals surface area contributed by atoms with Gasteiger partial charge in [0.2, 0.25) is 0 Å². The molecule has 7 heteroatoms. The monoisotopic (exact) mass is 509 g/mol. The van der Waals surface area contributed by atoms with Crippen molar-refractivity contribution in [2.75, 3.05) is 18.6 Å². The van der Waals surface area contributed by atoms with Crippen molar-refractivity contribution in [1.82, 2.24) is 0 Å². The van der Waals surface area contributed by atoms with E-state index in [0.717, 1.165) is 34.9 Å². The minimum atomic E-state index is -0.706. The molecule has 0 aliphatic carbocycles. The van der Waals surface area contributed by atoms with Gasteiger partial charge in [0.25, 0.3) is 0 Å². The third-order valence-corrected chi connectivity index (χ3v) is 8.28. The zero-order chi connectivity index (χ0) is 27.1. The lowest BCUT2D eigenvalue weighted by Crippen LogP contribution is -2.45. The molecule has 2 aliphatic heterocycles. The molecule has 2 aliphatic rings. The highest BCUT2D eigenvalue weighted by Crippen LogP contribution is 2.60. The fourth-order valence-electron chi connectivity index (χ4n) is 6.32. The molecule has 0 amide bonds. The smallest absolute Gasteiger partial charge is 0.144 e. The van der Waals surface area contributed by atoms with Gasteiger partial charge in [-0.2, -0.15) is 10.5 Å². The highest BCUT2D eigenvalue weighted by atomic mass is 19.1. The molecular weight excluding hydrogens is 481 g/mol. The largest absolute Gasteiger partial charge is 0.493 e. The molecule has 38 heavy (non-hydrogen) atoms. The van der Waals surface area contributed by atoms with E-state index in [0.29, 0.717) is 24.2 Å². The van der Waals surface area contributed by atoms with Crippen LogP contribution < -0.4 is 9.64 Å². The SMILES string of the molecule is C=C([C@H]1[C@@H](C=O)[C@]2(CCOc3ccc(C#N)c(F)c3)CC[C@@]1(C)O2)N(C)c1ccc(C#N)c2ccccc12. The molecule has 2 fully saturated rings. The summed E-state index contributed by atoms with van der Waals surface area (Å²) in [5, 5.41) is 20.3. The zero-order valence-electron chi connectivity index (χ0n) is 21.4. The molecule has 3 aromatic rings. The standard InChI is InChI=1S/C31H28FN3O3/c1-20(35(3)28-11-9-21(17-33)24-6-4-5-7-25(24)28)29-26(19-36)31(13-12-30(29,2)38-31)14-15-37-23-10-8-22(18-34)27(32)16-23/h4-11,16,19,26,29H,1,12-15H2,2-3H3/t26-,29+,30-,31-/m1/s1. The fraction of sp³-hybridized carbons (Fsp3) is 0.323. The van der Waals surface area contributed by atoms with Crippen molar-refractivity contribution in [2.45, 2.75) is 37.4 Å². The van der Waals surface area contributed by atoms with Crippen molar-refractivity contribution in [1.29, 1.82) is 10.5 Å². The molecular formula is C31H28FN3O3. The van der Waals surface area contributed by atoms with Gasteiger partial charge in [-0.25, -0.2) is 4.39 Å². The van der Waals surface area contributed by atoms with Gasteiger partial charge in [0.05, 0.1) is 40.9 Å². The average molecular weight is 510 g/mol. The third-order valence-electron chi connectivity index (χ3n) is 8.28. The molecule has 0 spiro atoms. The maximum Gasteiger partial charge on any atom is 0.144 e. The lowest BCUT2D eigenvalue weighted by atomic mass is 9.65. The number of carbonyl (C=O) groups is 1. The number of fused-ring (bicyclic) bond motifs is 3. The van der Waals surface area contributed by atoms with Gasteiger partial charge in [0.1, 0.15) is 23.9 Å². The quantitative estimate of drug-likeness (QED) is 0.352. The summed E-state index contributed by atoms with van der Waals surface area (Å²) < 4.78 is 26.4. The number of aldehydes is 1. The van der Waals surface area contributed by atoms with Gasteiger partial charge in [0.15, 0.2) is 0 Å². The van der Waals surface area contributed by atoms with Crippen molar-refractivity contribution in [3.05, 3.63) is 83.8 Å². The zero-order valence-corrected chi connectivity index (χ0v) is 21.4. The Hall–Kier alpha value is -4.20. The molecule has 4 atom stereocenters. The number of anilines is 1. The Morgan fingerprint density at radius 3 is 2.55 bits per heavy atom. The number of nitrogens with zero attached hydrogens (tertiary/aromatic N) is 3. The van der Waals surface area contributed by atoms with Gasteiger partial charge in [-0.05, 0) is 44.0 Å². The molecule has 0 saturated carbocycles. The maximum absolute atomic E-state index is 14.0. The molecule has 2 bridgehead atoms. The number of nitriles is 2. The van der Waals surface area contributed by atoms with E-state index in [-0.39, 0.29) is 18.1 Å². The highest BCUT2D eigenvalue weighted by molar-refractivity contribution is 5.98. The summed E-state index contributed by atoms with van der Waals surface area (Å²) in [6.45, 7) is 6.71. The van der Waals surface area contributed by atoms with E-state index in [9.17, 15) is 14.4 Å². The first-order valence-corrected chi connectivity index (χ1v) is 12.6. The number of hydrogen-bond acceptors (Lipinski definition) is 6. The molecule has 0 radical (unpaired) electrons. The van der Waals surface area contributed by atoms with Crippen molar-refractivity contribution in [3.8, 4) is 17.9 Å². The summed E-state index contributed by atoms with van der Waals surface area (Å²) in [7, 11) is 1.93. The van der Waals surface area contributed by atoms with Crippen LogP contribution in [0.5, 0.6) is 5.75 Å². The summed E-state index contributed by atoms with van der Waals surface area (Å²) in [6, 6.07) is 19.7. The first-order valence-electron chi connectivity index (χ1n) is 12.6. The van der Waals surface area contributed by atoms with Crippen LogP contribution in [0.4, 0.5) is 10.1 Å². The minimum absolute atomic E-state index is 0.0387. The van der Waals surface area contributed by atoms with Gasteiger partial charge in [-0.15, -0.1) is 0 Å². The number of rotatable bonds is 8. The molecule has 2 heterocycles. The summed E-state index contributed by atoms with van der Waals surface area (Å²) in [4.78, 5) is 14.6. The molecule has 192 valence electrons. The first kappa shape index (κ1) is 25.4. The molecule has 0 N–H and O–H groups in total. The van der Waals surface area contributed by atoms with E-state index in [2.05, 4.69) is 12.6 Å². The molecule has 0 unspecified atom stereocenters. The second-order valence-electron chi connectivity index (χ2n) is 10.3. The maximum atomic E-state index is 14.0. The van der Waals surface area contributed by atoms with Crippen LogP contribution in [0.25, 0.3) is 10.8 Å². The van der Waals surface area contributed by atoms with E-state index >= 15 is 0 Å². The van der Waals surface area contributed by atoms with Crippen LogP contribution in [0.15, 0.2) is 66.9 Å². The van der Waals surface area contributed by atoms with Gasteiger partial charge in [-0.1, -0.05) is 30.8 Å². The van der Waals surface area contributed by atoms with Crippen LogP contribution in [0.2, 0.25) is 0 Å². The number of carbonyl (C=O) groups excluding carboxylic acids is 1. The van der Waals surface area contributed by atoms with Gasteiger partial charge in [-0.3, -0.25) is 0 Å².